The van der Waals surface area contributed by atoms with Crippen LogP contribution in [0.2, 0.25) is 0 Å². The number of carbonyl (C=O) groups excluding carboxylic acids is 5. The van der Waals surface area contributed by atoms with Crippen LogP contribution in [0, 0.1) is 5.92 Å². The number of aliphatic carboxylic acids is 1. The second kappa shape index (κ2) is 15.6. The molecule has 5 atom stereocenters. The molecule has 1 fully saturated rings. The molecule has 2 unspecified atom stereocenters. The molecule has 0 saturated carbocycles. The van der Waals surface area contributed by atoms with E-state index in [9.17, 15) is 33.9 Å². The van der Waals surface area contributed by atoms with Crippen molar-refractivity contribution in [3.8, 4) is 0 Å². The molecule has 1 aliphatic rings. The Morgan fingerprint density at radius 1 is 0.884 bits per heavy atom. The standard InChI is InChI=1S/C32H40N4O7/c1-4-20(2)27(31(41)36-17-11-16-25(36)32(42)43)35-30(40)28(38)21(3)33-29(39)24(18-22-12-7-5-8-13-22)34-26(37)19-23-14-9-6-10-15-23/h5-10,12-15,20-21,24-25,27H,4,11,16-19H2,1-3H3,(H,33,39)(H,34,37)(H,35,40)(H,42,43)/t20-,21?,24?,25-,27-/m0/s1. The Balaban J connectivity index is 1.68. The van der Waals surface area contributed by atoms with E-state index in [1.807, 2.05) is 55.5 Å². The summed E-state index contributed by atoms with van der Waals surface area (Å²) in [5.41, 5.74) is 1.56. The van der Waals surface area contributed by atoms with Crippen LogP contribution >= 0.6 is 0 Å². The van der Waals surface area contributed by atoms with Gasteiger partial charge in [0.1, 0.15) is 18.1 Å². The average Bonchev–Trinajstić information content (AvgIpc) is 3.50. The lowest BCUT2D eigenvalue weighted by Crippen LogP contribution is -2.58. The second-order valence-corrected chi connectivity index (χ2v) is 10.9. The third kappa shape index (κ3) is 9.22. The molecular formula is C32H40N4O7. The van der Waals surface area contributed by atoms with Gasteiger partial charge in [-0.1, -0.05) is 80.9 Å². The molecule has 0 radical (unpaired) electrons. The molecule has 11 nitrogen and oxygen atoms in total. The summed E-state index contributed by atoms with van der Waals surface area (Å²) in [6.07, 6.45) is 1.55. The van der Waals surface area contributed by atoms with Crippen LogP contribution in [-0.2, 0) is 41.6 Å². The van der Waals surface area contributed by atoms with E-state index in [0.717, 1.165) is 11.1 Å². The molecule has 0 spiro atoms. The van der Waals surface area contributed by atoms with Crippen LogP contribution in [0.3, 0.4) is 0 Å². The van der Waals surface area contributed by atoms with Crippen molar-refractivity contribution in [2.24, 2.45) is 5.92 Å². The van der Waals surface area contributed by atoms with Crippen LogP contribution in [-0.4, -0.2) is 76.1 Å². The first kappa shape index (κ1) is 33.0. The lowest BCUT2D eigenvalue weighted by molar-refractivity contribution is -0.150. The Hall–Kier alpha value is -4.54. The zero-order valence-electron chi connectivity index (χ0n) is 24.7. The number of carboxylic acid groups (broad SMARTS) is 1. The molecule has 1 saturated heterocycles. The van der Waals surface area contributed by atoms with Crippen molar-refractivity contribution in [1.82, 2.24) is 20.9 Å². The molecule has 2 aromatic carbocycles. The number of hydrogen-bond acceptors (Lipinski definition) is 6. The van der Waals surface area contributed by atoms with Crippen molar-refractivity contribution in [1.29, 1.82) is 0 Å². The van der Waals surface area contributed by atoms with Gasteiger partial charge in [-0.05, 0) is 36.8 Å². The molecule has 0 aromatic heterocycles. The molecule has 0 aliphatic carbocycles. The van der Waals surface area contributed by atoms with Crippen molar-refractivity contribution in [2.45, 2.75) is 77.0 Å². The van der Waals surface area contributed by atoms with Gasteiger partial charge >= 0.3 is 5.97 Å². The Morgan fingerprint density at radius 2 is 1.49 bits per heavy atom. The number of carbonyl (C=O) groups is 6. The van der Waals surface area contributed by atoms with Gasteiger partial charge in [0, 0.05) is 13.0 Å². The van der Waals surface area contributed by atoms with E-state index in [-0.39, 0.29) is 31.2 Å². The highest BCUT2D eigenvalue weighted by molar-refractivity contribution is 6.38. The van der Waals surface area contributed by atoms with Gasteiger partial charge in [-0.3, -0.25) is 24.0 Å². The third-order valence-corrected chi connectivity index (χ3v) is 7.70. The molecule has 0 bridgehead atoms. The molecule has 2 aromatic rings. The maximum absolute atomic E-state index is 13.3. The Kier molecular flexibility index (Phi) is 12.0. The van der Waals surface area contributed by atoms with Crippen molar-refractivity contribution >= 4 is 35.4 Å². The summed E-state index contributed by atoms with van der Waals surface area (Å²) in [6.45, 7) is 5.15. The number of nitrogens with zero attached hydrogens (tertiary/aromatic N) is 1. The lowest BCUT2D eigenvalue weighted by Gasteiger charge is -2.30. The predicted octanol–water partition coefficient (Wildman–Crippen LogP) is 1.64. The minimum atomic E-state index is -1.26. The molecule has 3 rings (SSSR count). The smallest absolute Gasteiger partial charge is 0.326 e. The lowest BCUT2D eigenvalue weighted by atomic mass is 9.97. The number of amides is 4. The molecule has 1 aliphatic heterocycles. The zero-order chi connectivity index (χ0) is 31.5. The first-order valence-electron chi connectivity index (χ1n) is 14.6. The molecule has 230 valence electrons. The van der Waals surface area contributed by atoms with Gasteiger partial charge in [-0.15, -0.1) is 0 Å². The van der Waals surface area contributed by atoms with Crippen LogP contribution < -0.4 is 16.0 Å². The maximum Gasteiger partial charge on any atom is 0.326 e. The van der Waals surface area contributed by atoms with Crippen LogP contribution in [0.4, 0.5) is 0 Å². The minimum Gasteiger partial charge on any atom is -0.480 e. The number of ketones is 1. The van der Waals surface area contributed by atoms with E-state index < -0.39 is 53.6 Å². The van der Waals surface area contributed by atoms with Crippen LogP contribution in [0.5, 0.6) is 0 Å². The summed E-state index contributed by atoms with van der Waals surface area (Å²) in [7, 11) is 0. The fourth-order valence-corrected chi connectivity index (χ4v) is 5.02. The van der Waals surface area contributed by atoms with Gasteiger partial charge in [0.2, 0.25) is 23.5 Å². The molecule has 4 N–H and O–H groups in total. The van der Waals surface area contributed by atoms with E-state index in [1.165, 1.54) is 11.8 Å². The molecular weight excluding hydrogens is 552 g/mol. The Bertz CT molecular complexity index is 1300. The Labute approximate surface area is 251 Å². The predicted molar refractivity (Wildman–Crippen MR) is 159 cm³/mol. The molecule has 4 amide bonds. The van der Waals surface area contributed by atoms with Gasteiger partial charge in [0.05, 0.1) is 12.5 Å². The van der Waals surface area contributed by atoms with Gasteiger partial charge in [0.15, 0.2) is 0 Å². The van der Waals surface area contributed by atoms with Gasteiger partial charge in [-0.2, -0.15) is 0 Å². The summed E-state index contributed by atoms with van der Waals surface area (Å²) in [5, 5.41) is 17.3. The normalized spacial score (nSPS) is 17.2. The van der Waals surface area contributed by atoms with E-state index in [1.54, 1.807) is 19.1 Å². The van der Waals surface area contributed by atoms with Crippen LogP contribution in [0.25, 0.3) is 0 Å². The topological polar surface area (TPSA) is 162 Å². The van der Waals surface area contributed by atoms with Crippen LogP contribution in [0.1, 0.15) is 51.2 Å². The van der Waals surface area contributed by atoms with Crippen molar-refractivity contribution in [3.63, 3.8) is 0 Å². The summed E-state index contributed by atoms with van der Waals surface area (Å²) in [6, 6.07) is 13.8. The van der Waals surface area contributed by atoms with E-state index in [4.69, 9.17) is 0 Å². The minimum absolute atomic E-state index is 0.0566. The number of benzene rings is 2. The summed E-state index contributed by atoms with van der Waals surface area (Å²) in [4.78, 5) is 78.3. The highest BCUT2D eigenvalue weighted by Gasteiger charge is 2.40. The van der Waals surface area contributed by atoms with Crippen molar-refractivity contribution < 1.29 is 33.9 Å². The van der Waals surface area contributed by atoms with Crippen molar-refractivity contribution in [2.75, 3.05) is 6.54 Å². The number of carboxylic acids is 1. The summed E-state index contributed by atoms with van der Waals surface area (Å²) < 4.78 is 0. The third-order valence-electron chi connectivity index (χ3n) is 7.70. The largest absolute Gasteiger partial charge is 0.480 e. The maximum atomic E-state index is 13.3. The molecule has 43 heavy (non-hydrogen) atoms. The van der Waals surface area contributed by atoms with Gasteiger partial charge in [-0.25, -0.2) is 4.79 Å². The van der Waals surface area contributed by atoms with Gasteiger partial charge in [0.25, 0.3) is 5.91 Å². The zero-order valence-corrected chi connectivity index (χ0v) is 24.7. The quantitative estimate of drug-likeness (QED) is 0.243. The van der Waals surface area contributed by atoms with E-state index in [0.29, 0.717) is 19.3 Å². The van der Waals surface area contributed by atoms with E-state index in [2.05, 4.69) is 16.0 Å². The van der Waals surface area contributed by atoms with Gasteiger partial charge < -0.3 is 26.0 Å². The highest BCUT2D eigenvalue weighted by Crippen LogP contribution is 2.21. The molecule has 1 heterocycles. The fourth-order valence-electron chi connectivity index (χ4n) is 5.02. The first-order chi connectivity index (χ1) is 20.5. The highest BCUT2D eigenvalue weighted by atomic mass is 16.4. The van der Waals surface area contributed by atoms with E-state index >= 15 is 0 Å². The van der Waals surface area contributed by atoms with Crippen LogP contribution in [0.15, 0.2) is 60.7 Å². The number of likely N-dealkylation sites (tertiary alicyclic amines) is 1. The molecule has 11 heteroatoms. The SMILES string of the molecule is CC[C@H](C)[C@H](NC(=O)C(=O)C(C)NC(=O)C(Cc1ccccc1)NC(=O)Cc1ccccc1)C(=O)N1CCC[C@H]1C(=O)O. The van der Waals surface area contributed by atoms with Crippen molar-refractivity contribution in [3.05, 3.63) is 71.8 Å². The Morgan fingerprint density at radius 3 is 2.07 bits per heavy atom. The number of rotatable bonds is 14. The number of Topliss-reactive ketones (excluding diaryl/α,β-unsaturated/α-hetero) is 1. The number of nitrogens with one attached hydrogen (secondary N) is 3. The fraction of sp³-hybridized carbons (Fsp3) is 0.438. The second-order valence-electron chi connectivity index (χ2n) is 10.9. The monoisotopic (exact) mass is 592 g/mol. The summed E-state index contributed by atoms with van der Waals surface area (Å²) in [5.74, 6) is -5.11. The first-order valence-corrected chi connectivity index (χ1v) is 14.6. The average molecular weight is 593 g/mol. The summed E-state index contributed by atoms with van der Waals surface area (Å²) >= 11 is 0. The number of hydrogen-bond donors (Lipinski definition) is 4.